The summed E-state index contributed by atoms with van der Waals surface area (Å²) in [6, 6.07) is 11.1. The molecule has 2 aliphatic rings. The van der Waals surface area contributed by atoms with E-state index in [9.17, 15) is 9.59 Å². The zero-order chi connectivity index (χ0) is 20.7. The van der Waals surface area contributed by atoms with E-state index in [1.807, 2.05) is 35.8 Å². The highest BCUT2D eigenvalue weighted by molar-refractivity contribution is 6.00. The van der Waals surface area contributed by atoms with Crippen LogP contribution in [0.25, 0.3) is 11.5 Å². The first kappa shape index (κ1) is 18.8. The van der Waals surface area contributed by atoms with Gasteiger partial charge in [0.25, 0.3) is 5.91 Å². The third-order valence-corrected chi connectivity index (χ3v) is 6.35. The van der Waals surface area contributed by atoms with E-state index in [0.29, 0.717) is 23.8 Å². The average Bonchev–Trinajstić information content (AvgIpc) is 3.53. The summed E-state index contributed by atoms with van der Waals surface area (Å²) >= 11 is 0. The number of hydrogen-bond acceptors (Lipinski definition) is 4. The molecule has 1 N–H and O–H groups in total. The standard InChI is InChI=1S/C23H25N3O4/c1-23(22(28)24-16-6-2-3-7-16)15-25-18(20-9-5-13-30-20)10-11-19(25)21(27)26(23)14-17-8-4-12-29-17/h4-5,8-13,16H,2-3,6-7,14-15H2,1H3,(H,24,28)/t23-/m1/s1. The average molecular weight is 407 g/mol. The Hall–Kier alpha value is -3.22. The maximum atomic E-state index is 13.5. The van der Waals surface area contributed by atoms with Gasteiger partial charge in [-0.2, -0.15) is 0 Å². The van der Waals surface area contributed by atoms with E-state index in [4.69, 9.17) is 8.83 Å². The molecule has 1 aliphatic carbocycles. The van der Waals surface area contributed by atoms with Crippen molar-refractivity contribution in [2.24, 2.45) is 0 Å². The number of nitrogens with one attached hydrogen (secondary N) is 1. The van der Waals surface area contributed by atoms with Crippen LogP contribution in [0.15, 0.2) is 57.8 Å². The monoisotopic (exact) mass is 407 g/mol. The number of carbonyl (C=O) groups excluding carboxylic acids is 2. The van der Waals surface area contributed by atoms with Gasteiger partial charge in [-0.25, -0.2) is 0 Å². The first-order valence-corrected chi connectivity index (χ1v) is 10.4. The van der Waals surface area contributed by atoms with Crippen molar-refractivity contribution in [3.63, 3.8) is 0 Å². The third kappa shape index (κ3) is 3.05. The lowest BCUT2D eigenvalue weighted by molar-refractivity contribution is -0.134. The molecule has 5 rings (SSSR count). The van der Waals surface area contributed by atoms with Crippen molar-refractivity contribution in [3.8, 4) is 11.5 Å². The van der Waals surface area contributed by atoms with Crippen LogP contribution in [-0.2, 0) is 17.9 Å². The lowest BCUT2D eigenvalue weighted by atomic mass is 9.93. The molecule has 0 unspecified atom stereocenters. The van der Waals surface area contributed by atoms with Crippen molar-refractivity contribution in [1.29, 1.82) is 0 Å². The van der Waals surface area contributed by atoms with Gasteiger partial charge >= 0.3 is 0 Å². The zero-order valence-electron chi connectivity index (χ0n) is 17.0. The van der Waals surface area contributed by atoms with E-state index in [2.05, 4.69) is 5.32 Å². The van der Waals surface area contributed by atoms with Crippen LogP contribution in [0.3, 0.4) is 0 Å². The minimum Gasteiger partial charge on any atom is -0.467 e. The second kappa shape index (κ2) is 7.23. The molecular formula is C23H25N3O4. The van der Waals surface area contributed by atoms with Crippen LogP contribution in [-0.4, -0.2) is 32.9 Å². The van der Waals surface area contributed by atoms with Gasteiger partial charge < -0.3 is 23.6 Å². The van der Waals surface area contributed by atoms with Crippen molar-refractivity contribution < 1.29 is 18.4 Å². The van der Waals surface area contributed by atoms with Crippen molar-refractivity contribution in [2.45, 2.75) is 57.3 Å². The maximum Gasteiger partial charge on any atom is 0.271 e. The van der Waals surface area contributed by atoms with Crippen LogP contribution >= 0.6 is 0 Å². The van der Waals surface area contributed by atoms with Gasteiger partial charge in [-0.15, -0.1) is 0 Å². The summed E-state index contributed by atoms with van der Waals surface area (Å²) in [5.74, 6) is 1.00. The molecule has 0 spiro atoms. The summed E-state index contributed by atoms with van der Waals surface area (Å²) in [4.78, 5) is 28.7. The number of carbonyl (C=O) groups is 2. The van der Waals surface area contributed by atoms with E-state index in [-0.39, 0.29) is 24.4 Å². The Bertz CT molecular complexity index is 1040. The fourth-order valence-electron chi connectivity index (χ4n) is 4.63. The lowest BCUT2D eigenvalue weighted by Crippen LogP contribution is -2.64. The van der Waals surface area contributed by atoms with E-state index >= 15 is 0 Å². The van der Waals surface area contributed by atoms with Gasteiger partial charge in [0.15, 0.2) is 0 Å². The minimum absolute atomic E-state index is 0.126. The Balaban J connectivity index is 1.54. The molecule has 4 heterocycles. The fraction of sp³-hybridized carbons (Fsp3) is 0.391. The highest BCUT2D eigenvalue weighted by Crippen LogP contribution is 2.34. The van der Waals surface area contributed by atoms with Gasteiger partial charge in [-0.1, -0.05) is 12.8 Å². The molecule has 1 aliphatic heterocycles. The quantitative estimate of drug-likeness (QED) is 0.697. The zero-order valence-corrected chi connectivity index (χ0v) is 17.0. The molecule has 0 bridgehead atoms. The molecule has 30 heavy (non-hydrogen) atoms. The molecule has 7 heteroatoms. The summed E-state index contributed by atoms with van der Waals surface area (Å²) in [7, 11) is 0. The Kier molecular flexibility index (Phi) is 4.53. The van der Waals surface area contributed by atoms with Gasteiger partial charge in [0.05, 0.1) is 31.3 Å². The number of fused-ring (bicyclic) bond motifs is 1. The first-order chi connectivity index (χ1) is 14.6. The predicted molar refractivity (Wildman–Crippen MR) is 110 cm³/mol. The minimum atomic E-state index is -1.06. The van der Waals surface area contributed by atoms with Crippen LogP contribution in [0.4, 0.5) is 0 Å². The van der Waals surface area contributed by atoms with Crippen LogP contribution < -0.4 is 5.32 Å². The third-order valence-electron chi connectivity index (χ3n) is 6.35. The Morgan fingerprint density at radius 3 is 2.53 bits per heavy atom. The number of furan rings is 2. The number of hydrogen-bond donors (Lipinski definition) is 1. The number of aromatic nitrogens is 1. The predicted octanol–water partition coefficient (Wildman–Crippen LogP) is 3.81. The molecule has 1 atom stereocenters. The summed E-state index contributed by atoms with van der Waals surface area (Å²) in [6.07, 6.45) is 7.41. The van der Waals surface area contributed by atoms with Gasteiger partial charge in [0.1, 0.15) is 22.8 Å². The molecule has 3 aromatic heterocycles. The fourth-order valence-corrected chi connectivity index (χ4v) is 4.63. The molecule has 156 valence electrons. The molecule has 0 saturated heterocycles. The van der Waals surface area contributed by atoms with Crippen LogP contribution in [0.1, 0.15) is 48.9 Å². The van der Waals surface area contributed by atoms with E-state index in [1.54, 1.807) is 29.6 Å². The van der Waals surface area contributed by atoms with Crippen molar-refractivity contribution >= 4 is 11.8 Å². The summed E-state index contributed by atoms with van der Waals surface area (Å²) in [5.41, 5.74) is 0.278. The van der Waals surface area contributed by atoms with Crippen LogP contribution in [0.2, 0.25) is 0 Å². The highest BCUT2D eigenvalue weighted by Gasteiger charge is 2.48. The van der Waals surface area contributed by atoms with Crippen LogP contribution in [0, 0.1) is 0 Å². The smallest absolute Gasteiger partial charge is 0.271 e. The number of nitrogens with zero attached hydrogens (tertiary/aromatic N) is 2. The highest BCUT2D eigenvalue weighted by atomic mass is 16.3. The lowest BCUT2D eigenvalue weighted by Gasteiger charge is -2.44. The summed E-state index contributed by atoms with van der Waals surface area (Å²) < 4.78 is 13.0. The molecule has 3 aromatic rings. The maximum absolute atomic E-state index is 13.5. The molecule has 1 saturated carbocycles. The topological polar surface area (TPSA) is 80.6 Å². The molecule has 7 nitrogen and oxygen atoms in total. The van der Waals surface area contributed by atoms with Crippen molar-refractivity contribution in [2.75, 3.05) is 0 Å². The van der Waals surface area contributed by atoms with Gasteiger partial charge in [-0.3, -0.25) is 9.59 Å². The van der Waals surface area contributed by atoms with Crippen molar-refractivity contribution in [1.82, 2.24) is 14.8 Å². The number of amides is 2. The first-order valence-electron chi connectivity index (χ1n) is 10.4. The Morgan fingerprint density at radius 2 is 1.83 bits per heavy atom. The summed E-state index contributed by atoms with van der Waals surface area (Å²) in [5, 5.41) is 3.20. The molecule has 2 amide bonds. The largest absolute Gasteiger partial charge is 0.467 e. The van der Waals surface area contributed by atoms with E-state index < -0.39 is 5.54 Å². The van der Waals surface area contributed by atoms with Crippen LogP contribution in [0.5, 0.6) is 0 Å². The van der Waals surface area contributed by atoms with Crippen molar-refractivity contribution in [3.05, 3.63) is 60.4 Å². The van der Waals surface area contributed by atoms with E-state index in [1.165, 1.54) is 0 Å². The molecule has 0 aromatic carbocycles. The normalized spacial score (nSPS) is 21.8. The Labute approximate surface area is 174 Å². The Morgan fingerprint density at radius 1 is 1.10 bits per heavy atom. The second-order valence-electron chi connectivity index (χ2n) is 8.37. The van der Waals surface area contributed by atoms with Gasteiger partial charge in [0.2, 0.25) is 5.91 Å². The number of rotatable bonds is 5. The second-order valence-corrected chi connectivity index (χ2v) is 8.37. The SMILES string of the molecule is C[C@]1(C(=O)NC2CCCC2)Cn2c(ccc2-c2ccco2)C(=O)N1Cc1ccco1. The molecular weight excluding hydrogens is 382 g/mol. The molecule has 1 fully saturated rings. The summed E-state index contributed by atoms with van der Waals surface area (Å²) in [6.45, 7) is 2.42. The van der Waals surface area contributed by atoms with Gasteiger partial charge in [0, 0.05) is 6.04 Å². The van der Waals surface area contributed by atoms with Gasteiger partial charge in [-0.05, 0) is 56.2 Å². The van der Waals surface area contributed by atoms with E-state index in [0.717, 1.165) is 31.4 Å². The molecule has 0 radical (unpaired) electrons.